The van der Waals surface area contributed by atoms with Crippen LogP contribution in [0.2, 0.25) is 0 Å². The van der Waals surface area contributed by atoms with Gasteiger partial charge in [-0.25, -0.2) is 22.2 Å². The minimum absolute atomic E-state index is 0.0821. The summed E-state index contributed by atoms with van der Waals surface area (Å²) < 4.78 is 69.5. The maximum Gasteiger partial charge on any atom is 0.259 e. The van der Waals surface area contributed by atoms with Crippen molar-refractivity contribution in [1.82, 2.24) is 25.2 Å². The number of rotatable bonds is 6. The second-order valence-corrected chi connectivity index (χ2v) is 16.7. The fourth-order valence-corrected chi connectivity index (χ4v) is 9.09. The lowest BCUT2D eigenvalue weighted by molar-refractivity contribution is -0.142. The number of carbonyl (C=O) groups excluding carboxylic acids is 4. The molecule has 4 heterocycles. The quantitative estimate of drug-likeness (QED) is 0.242. The van der Waals surface area contributed by atoms with E-state index in [-0.39, 0.29) is 41.6 Å². The van der Waals surface area contributed by atoms with Crippen LogP contribution in [-0.4, -0.2) is 77.5 Å². The number of halogens is 2. The first kappa shape index (κ1) is 35.9. The van der Waals surface area contributed by atoms with Crippen LogP contribution in [0.25, 0.3) is 33.0 Å². The molecule has 3 N–H and O–H groups in total. The highest BCUT2D eigenvalue weighted by atomic mass is 32.2. The number of ether oxygens (including phenoxy) is 1. The van der Waals surface area contributed by atoms with Crippen LogP contribution in [0.4, 0.5) is 8.78 Å². The largest absolute Gasteiger partial charge is 0.484 e. The number of pyridine rings is 1. The lowest BCUT2D eigenvalue weighted by Crippen LogP contribution is -2.58. The van der Waals surface area contributed by atoms with Crippen molar-refractivity contribution in [1.29, 1.82) is 0 Å². The number of carbonyl (C=O) groups is 4. The van der Waals surface area contributed by atoms with Crippen molar-refractivity contribution >= 4 is 66.6 Å². The number of benzene rings is 2. The number of hydrogen-bond donors (Lipinski definition) is 3. The first-order valence-corrected chi connectivity index (χ1v) is 19.8. The molecule has 2 saturated carbocycles. The van der Waals surface area contributed by atoms with Gasteiger partial charge in [0.05, 0.1) is 17.3 Å². The summed E-state index contributed by atoms with van der Waals surface area (Å²) >= 11 is 0. The van der Waals surface area contributed by atoms with Gasteiger partial charge in [-0.2, -0.15) is 0 Å². The zero-order valence-corrected chi connectivity index (χ0v) is 30.2. The van der Waals surface area contributed by atoms with Gasteiger partial charge in [0.25, 0.3) is 5.91 Å². The zero-order chi connectivity index (χ0) is 37.9. The van der Waals surface area contributed by atoms with E-state index in [1.807, 2.05) is 12.2 Å². The van der Waals surface area contributed by atoms with Crippen LogP contribution in [0.1, 0.15) is 64.7 Å². The third kappa shape index (κ3) is 6.75. The van der Waals surface area contributed by atoms with E-state index in [4.69, 9.17) is 9.15 Å². The van der Waals surface area contributed by atoms with Crippen molar-refractivity contribution < 1.29 is 45.5 Å². The van der Waals surface area contributed by atoms with Gasteiger partial charge in [0.1, 0.15) is 46.5 Å². The number of allylic oxidation sites excluding steroid dienone is 1. The molecule has 4 aromatic rings. The molecule has 0 bridgehead atoms. The average molecular weight is 764 g/mol. The third-order valence-corrected chi connectivity index (χ3v) is 12.6. The Labute approximate surface area is 308 Å². The van der Waals surface area contributed by atoms with Crippen molar-refractivity contribution in [2.75, 3.05) is 6.54 Å². The predicted molar refractivity (Wildman–Crippen MR) is 192 cm³/mol. The first-order valence-electron chi connectivity index (χ1n) is 18.2. The molecule has 3 fully saturated rings. The molecule has 284 valence electrons. The molecule has 0 radical (unpaired) electrons. The van der Waals surface area contributed by atoms with Crippen molar-refractivity contribution in [2.45, 2.75) is 93.7 Å². The summed E-state index contributed by atoms with van der Waals surface area (Å²) in [6.45, 7) is 1.16. The fourth-order valence-electron chi connectivity index (χ4n) is 7.73. The van der Waals surface area contributed by atoms with Crippen LogP contribution in [-0.2, 0) is 29.2 Å². The Hall–Kier alpha value is -5.12. The van der Waals surface area contributed by atoms with E-state index in [9.17, 15) is 36.4 Å². The molecule has 2 aromatic carbocycles. The number of hydrogen-bond acceptors (Lipinski definition) is 9. The molecule has 16 heteroatoms. The van der Waals surface area contributed by atoms with Gasteiger partial charge in [0.2, 0.25) is 27.7 Å². The summed E-state index contributed by atoms with van der Waals surface area (Å²) in [5.74, 6) is -3.98. The van der Waals surface area contributed by atoms with E-state index in [0.29, 0.717) is 48.6 Å². The monoisotopic (exact) mass is 763 g/mol. The van der Waals surface area contributed by atoms with Gasteiger partial charge in [-0.3, -0.25) is 23.9 Å². The predicted octanol–water partition coefficient (Wildman–Crippen LogP) is 4.27. The van der Waals surface area contributed by atoms with Crippen LogP contribution in [0.15, 0.2) is 53.0 Å². The fraction of sp³-hybridized carbons (Fsp3) is 0.447. The molecule has 4 amide bonds. The number of aromatic nitrogens is 1. The summed E-state index contributed by atoms with van der Waals surface area (Å²) in [6, 6.07) is 5.70. The number of furan rings is 1. The Kier molecular flexibility index (Phi) is 9.05. The number of nitrogens with zero attached hydrogens (tertiary/aromatic N) is 2. The highest BCUT2D eigenvalue weighted by molar-refractivity contribution is 7.91. The maximum absolute atomic E-state index is 14.7. The lowest BCUT2D eigenvalue weighted by Gasteiger charge is -2.29. The van der Waals surface area contributed by atoms with Crippen molar-refractivity contribution in [3.05, 3.63) is 60.2 Å². The Morgan fingerprint density at radius 1 is 1.04 bits per heavy atom. The van der Waals surface area contributed by atoms with E-state index in [1.165, 1.54) is 48.2 Å². The van der Waals surface area contributed by atoms with E-state index < -0.39 is 80.2 Å². The third-order valence-electron chi connectivity index (χ3n) is 10.8. The molecule has 8 rings (SSSR count). The van der Waals surface area contributed by atoms with Crippen LogP contribution in [0.3, 0.4) is 0 Å². The second-order valence-electron chi connectivity index (χ2n) is 14.8. The topological polar surface area (TPSA) is 177 Å². The molecule has 1 saturated heterocycles. The van der Waals surface area contributed by atoms with Crippen LogP contribution in [0.5, 0.6) is 5.75 Å². The van der Waals surface area contributed by atoms with Crippen molar-refractivity contribution in [3.8, 4) is 5.75 Å². The highest BCUT2D eigenvalue weighted by Crippen LogP contribution is 2.46. The van der Waals surface area contributed by atoms with Crippen LogP contribution < -0.4 is 20.1 Å². The Morgan fingerprint density at radius 2 is 1.80 bits per heavy atom. The maximum atomic E-state index is 14.7. The molecule has 54 heavy (non-hydrogen) atoms. The second kappa shape index (κ2) is 13.6. The Morgan fingerprint density at radius 3 is 2.56 bits per heavy atom. The summed E-state index contributed by atoms with van der Waals surface area (Å²) in [4.78, 5) is 60.6. The lowest BCUT2D eigenvalue weighted by atomic mass is 10.0. The van der Waals surface area contributed by atoms with Gasteiger partial charge >= 0.3 is 0 Å². The van der Waals surface area contributed by atoms with Gasteiger partial charge in [0.15, 0.2) is 11.3 Å². The summed E-state index contributed by atoms with van der Waals surface area (Å²) in [5.41, 5.74) is -0.528. The number of fused-ring (bicyclic) bond motifs is 6. The normalized spacial score (nSPS) is 27.1. The number of sulfonamides is 1. The molecule has 2 aliphatic carbocycles. The molecule has 13 nitrogen and oxygen atoms in total. The molecule has 0 unspecified atom stereocenters. The van der Waals surface area contributed by atoms with Crippen molar-refractivity contribution in [2.24, 2.45) is 5.92 Å². The summed E-state index contributed by atoms with van der Waals surface area (Å²) in [6.07, 6.45) is 6.94. The van der Waals surface area contributed by atoms with Crippen molar-refractivity contribution in [3.63, 3.8) is 0 Å². The highest BCUT2D eigenvalue weighted by Gasteiger charge is 2.62. The number of nitrogens with one attached hydrogen (secondary N) is 3. The average Bonchev–Trinajstić information content (AvgIpc) is 4.02. The molecular weight excluding hydrogens is 725 g/mol. The molecule has 5 atom stereocenters. The van der Waals surface area contributed by atoms with Gasteiger partial charge in [-0.15, -0.1) is 0 Å². The summed E-state index contributed by atoms with van der Waals surface area (Å²) in [7, 11) is -3.93. The van der Waals surface area contributed by atoms with E-state index in [1.54, 1.807) is 0 Å². The zero-order valence-electron chi connectivity index (χ0n) is 29.4. The number of amides is 4. The Bertz CT molecular complexity index is 2360. The van der Waals surface area contributed by atoms with Gasteiger partial charge in [-0.1, -0.05) is 25.0 Å². The minimum atomic E-state index is -3.93. The van der Waals surface area contributed by atoms with Gasteiger partial charge in [-0.05, 0) is 74.9 Å². The molecule has 2 aliphatic heterocycles. The molecule has 4 aliphatic rings. The van der Waals surface area contributed by atoms with Gasteiger partial charge < -0.3 is 24.7 Å². The standard InChI is InChI=1S/C38H39F2N5O8S/c1-20(46)41-29-8-6-4-2-3-5-7-21-18-38(21,37(49)44-54(50,51)25-11-12-25)43-35(47)30-17-24(19-45(30)36(29)48)52-33-26-15-22(39)9-13-28(26)42-32-27-16-23(40)10-14-31(27)53-34(32)33/h5,7,9-10,13-16,21,24-25,29-30H,2-4,6,8,11-12,17-19H2,1H3,(H,41,46)(H,43,47)(H,44,49)/b7-5-/t21-,24+,29-,30-,38+/m0/s1. The molecular formula is C38H39F2N5O8S. The van der Waals surface area contributed by atoms with E-state index in [0.717, 1.165) is 12.8 Å². The van der Waals surface area contributed by atoms with E-state index in [2.05, 4.69) is 20.3 Å². The van der Waals surface area contributed by atoms with Crippen LogP contribution in [0, 0.1) is 17.6 Å². The van der Waals surface area contributed by atoms with E-state index >= 15 is 0 Å². The van der Waals surface area contributed by atoms with Crippen LogP contribution >= 0.6 is 0 Å². The van der Waals surface area contributed by atoms with Gasteiger partial charge in [0, 0.05) is 30.0 Å². The molecule has 0 spiro atoms. The molecule has 2 aromatic heterocycles. The smallest absolute Gasteiger partial charge is 0.259 e. The first-order chi connectivity index (χ1) is 25.8. The SMILES string of the molecule is CC(=O)N[C@H]1CCCCC/C=C\[C@H]2C[C@@]2(C(=O)NS(=O)(=O)C2CC2)NC(=O)[C@@H]2C[C@@H](Oc3c4cc(F)ccc4nc4c3oc3ccc(F)cc34)CN2C1=O. The minimum Gasteiger partial charge on any atom is -0.484 e. The summed E-state index contributed by atoms with van der Waals surface area (Å²) in [5, 5.41) is 5.51. The Balaban J connectivity index is 1.17.